The predicted octanol–water partition coefficient (Wildman–Crippen LogP) is 4.27. The minimum absolute atomic E-state index is 0.132. The lowest BCUT2D eigenvalue weighted by Gasteiger charge is -2.30. The number of halogens is 1. The van der Waals surface area contributed by atoms with Gasteiger partial charge in [0.25, 0.3) is 5.91 Å². The van der Waals surface area contributed by atoms with E-state index in [1.165, 1.54) is 6.07 Å². The molecular weight excluding hydrogens is 277 g/mol. The highest BCUT2D eigenvalue weighted by Gasteiger charge is 2.35. The third-order valence-corrected chi connectivity index (χ3v) is 4.36. The van der Waals surface area contributed by atoms with Crippen LogP contribution in [-0.2, 0) is 6.54 Å². The Hall–Kier alpha value is -2.16. The van der Waals surface area contributed by atoms with Crippen molar-refractivity contribution in [2.75, 3.05) is 0 Å². The van der Waals surface area contributed by atoms with Crippen LogP contribution in [0.5, 0.6) is 0 Å². The van der Waals surface area contributed by atoms with Gasteiger partial charge in [-0.3, -0.25) is 4.79 Å². The highest BCUT2D eigenvalue weighted by atomic mass is 19.1. The SMILES string of the molecule is CC(C1CC1)N(Cc1ccccc1)C(=O)c1ccccc1F. The third-order valence-electron chi connectivity index (χ3n) is 4.36. The molecule has 1 amide bonds. The van der Waals surface area contributed by atoms with E-state index in [0.29, 0.717) is 12.5 Å². The van der Waals surface area contributed by atoms with Gasteiger partial charge in [0.05, 0.1) is 5.56 Å². The highest BCUT2D eigenvalue weighted by Crippen LogP contribution is 2.36. The second-order valence-corrected chi connectivity index (χ2v) is 5.98. The summed E-state index contributed by atoms with van der Waals surface area (Å²) in [7, 11) is 0. The Balaban J connectivity index is 1.88. The van der Waals surface area contributed by atoms with Gasteiger partial charge in [0, 0.05) is 12.6 Å². The average Bonchev–Trinajstić information content (AvgIpc) is 3.38. The molecule has 0 N–H and O–H groups in total. The maximum atomic E-state index is 14.0. The fourth-order valence-corrected chi connectivity index (χ4v) is 2.80. The quantitative estimate of drug-likeness (QED) is 0.807. The maximum absolute atomic E-state index is 14.0. The molecule has 0 saturated heterocycles. The number of nitrogens with zero attached hydrogens (tertiary/aromatic N) is 1. The van der Waals surface area contributed by atoms with Crippen LogP contribution in [0.2, 0.25) is 0 Å². The molecule has 114 valence electrons. The van der Waals surface area contributed by atoms with Gasteiger partial charge in [-0.05, 0) is 43.4 Å². The summed E-state index contributed by atoms with van der Waals surface area (Å²) in [5.74, 6) is -0.130. The molecule has 2 aromatic carbocycles. The fourth-order valence-electron chi connectivity index (χ4n) is 2.80. The van der Waals surface area contributed by atoms with Crippen LogP contribution in [0.4, 0.5) is 4.39 Å². The van der Waals surface area contributed by atoms with E-state index in [4.69, 9.17) is 0 Å². The van der Waals surface area contributed by atoms with Crippen molar-refractivity contribution in [1.29, 1.82) is 0 Å². The second-order valence-electron chi connectivity index (χ2n) is 5.98. The number of rotatable bonds is 5. The van der Waals surface area contributed by atoms with E-state index in [1.807, 2.05) is 35.2 Å². The summed E-state index contributed by atoms with van der Waals surface area (Å²) in [6, 6.07) is 16.2. The van der Waals surface area contributed by atoms with Gasteiger partial charge in [-0.25, -0.2) is 4.39 Å². The second kappa shape index (κ2) is 6.30. The molecule has 22 heavy (non-hydrogen) atoms. The molecule has 1 atom stereocenters. The van der Waals surface area contributed by atoms with Gasteiger partial charge in [-0.15, -0.1) is 0 Å². The Morgan fingerprint density at radius 1 is 1.14 bits per heavy atom. The summed E-state index contributed by atoms with van der Waals surface area (Å²) in [4.78, 5) is 14.6. The number of carbonyl (C=O) groups excluding carboxylic acids is 1. The van der Waals surface area contributed by atoms with Crippen LogP contribution in [0.15, 0.2) is 54.6 Å². The van der Waals surface area contributed by atoms with Crippen molar-refractivity contribution in [3.05, 3.63) is 71.5 Å². The normalized spacial score (nSPS) is 15.4. The lowest BCUT2D eigenvalue weighted by molar-refractivity contribution is 0.0649. The monoisotopic (exact) mass is 297 g/mol. The van der Waals surface area contributed by atoms with E-state index in [2.05, 4.69) is 6.92 Å². The van der Waals surface area contributed by atoms with E-state index in [9.17, 15) is 9.18 Å². The van der Waals surface area contributed by atoms with E-state index in [0.717, 1.165) is 18.4 Å². The van der Waals surface area contributed by atoms with Gasteiger partial charge in [0.1, 0.15) is 5.82 Å². The smallest absolute Gasteiger partial charge is 0.257 e. The van der Waals surface area contributed by atoms with Crippen molar-refractivity contribution in [3.8, 4) is 0 Å². The van der Waals surface area contributed by atoms with E-state index < -0.39 is 5.82 Å². The van der Waals surface area contributed by atoms with Crippen molar-refractivity contribution < 1.29 is 9.18 Å². The van der Waals surface area contributed by atoms with Crippen LogP contribution in [0.25, 0.3) is 0 Å². The molecular formula is C19H20FNO. The van der Waals surface area contributed by atoms with Crippen LogP contribution in [-0.4, -0.2) is 16.8 Å². The molecule has 1 aliphatic carbocycles. The number of hydrogen-bond acceptors (Lipinski definition) is 1. The largest absolute Gasteiger partial charge is 0.331 e. The summed E-state index contributed by atoms with van der Waals surface area (Å²) < 4.78 is 14.0. The Bertz CT molecular complexity index is 651. The molecule has 3 heteroatoms. The maximum Gasteiger partial charge on any atom is 0.257 e. The summed E-state index contributed by atoms with van der Waals surface area (Å²) in [5, 5.41) is 0. The fraction of sp³-hybridized carbons (Fsp3) is 0.316. The molecule has 1 unspecified atom stereocenters. The Morgan fingerprint density at radius 3 is 2.41 bits per heavy atom. The van der Waals surface area contributed by atoms with Crippen LogP contribution < -0.4 is 0 Å². The van der Waals surface area contributed by atoms with Gasteiger partial charge in [-0.1, -0.05) is 42.5 Å². The van der Waals surface area contributed by atoms with Crippen molar-refractivity contribution in [2.45, 2.75) is 32.4 Å². The zero-order chi connectivity index (χ0) is 15.5. The zero-order valence-electron chi connectivity index (χ0n) is 12.7. The van der Waals surface area contributed by atoms with Crippen LogP contribution in [0.1, 0.15) is 35.7 Å². The van der Waals surface area contributed by atoms with E-state index in [-0.39, 0.29) is 17.5 Å². The number of hydrogen-bond donors (Lipinski definition) is 0. The summed E-state index contributed by atoms with van der Waals surface area (Å²) in [6.45, 7) is 2.59. The van der Waals surface area contributed by atoms with Crippen LogP contribution >= 0.6 is 0 Å². The lowest BCUT2D eigenvalue weighted by Crippen LogP contribution is -2.39. The van der Waals surface area contributed by atoms with Crippen molar-refractivity contribution >= 4 is 5.91 Å². The number of amides is 1. The lowest BCUT2D eigenvalue weighted by atomic mass is 10.1. The van der Waals surface area contributed by atoms with Crippen LogP contribution in [0, 0.1) is 11.7 Å². The first kappa shape index (κ1) is 14.8. The molecule has 1 saturated carbocycles. The number of carbonyl (C=O) groups is 1. The standard InChI is InChI=1S/C19H20FNO/c1-14(16-11-12-16)21(13-15-7-3-2-4-8-15)19(22)17-9-5-6-10-18(17)20/h2-10,14,16H,11-13H2,1H3. The molecule has 2 nitrogen and oxygen atoms in total. The van der Waals surface area contributed by atoms with E-state index in [1.54, 1.807) is 18.2 Å². The van der Waals surface area contributed by atoms with Gasteiger partial charge < -0.3 is 4.90 Å². The molecule has 0 bridgehead atoms. The summed E-state index contributed by atoms with van der Waals surface area (Å²) >= 11 is 0. The molecule has 0 aliphatic heterocycles. The average molecular weight is 297 g/mol. The molecule has 0 heterocycles. The minimum Gasteiger partial charge on any atom is -0.331 e. The Morgan fingerprint density at radius 2 is 1.77 bits per heavy atom. The van der Waals surface area contributed by atoms with Gasteiger partial charge in [-0.2, -0.15) is 0 Å². The molecule has 0 radical (unpaired) electrons. The minimum atomic E-state index is -0.450. The molecule has 3 rings (SSSR count). The molecule has 1 fully saturated rings. The molecule has 1 aliphatic rings. The van der Waals surface area contributed by atoms with Gasteiger partial charge in [0.15, 0.2) is 0 Å². The first-order valence-electron chi connectivity index (χ1n) is 7.76. The van der Waals surface area contributed by atoms with Crippen molar-refractivity contribution in [2.24, 2.45) is 5.92 Å². The summed E-state index contributed by atoms with van der Waals surface area (Å²) in [5.41, 5.74) is 1.23. The molecule has 0 aromatic heterocycles. The molecule has 2 aromatic rings. The highest BCUT2D eigenvalue weighted by molar-refractivity contribution is 5.94. The Labute approximate surface area is 130 Å². The van der Waals surface area contributed by atoms with Gasteiger partial charge >= 0.3 is 0 Å². The first-order valence-corrected chi connectivity index (χ1v) is 7.76. The van der Waals surface area contributed by atoms with E-state index >= 15 is 0 Å². The topological polar surface area (TPSA) is 20.3 Å². The molecule has 0 spiro atoms. The third kappa shape index (κ3) is 3.19. The van der Waals surface area contributed by atoms with Gasteiger partial charge in [0.2, 0.25) is 0 Å². The van der Waals surface area contributed by atoms with Crippen LogP contribution in [0.3, 0.4) is 0 Å². The number of benzene rings is 2. The summed E-state index contributed by atoms with van der Waals surface area (Å²) in [6.07, 6.45) is 2.30. The van der Waals surface area contributed by atoms with Crippen molar-refractivity contribution in [3.63, 3.8) is 0 Å². The zero-order valence-corrected chi connectivity index (χ0v) is 12.7. The Kier molecular flexibility index (Phi) is 4.23. The predicted molar refractivity (Wildman–Crippen MR) is 84.9 cm³/mol. The van der Waals surface area contributed by atoms with Crippen molar-refractivity contribution in [1.82, 2.24) is 4.90 Å². The first-order chi connectivity index (χ1) is 10.7.